The van der Waals surface area contributed by atoms with Crippen molar-refractivity contribution in [1.82, 2.24) is 5.32 Å². The van der Waals surface area contributed by atoms with Crippen LogP contribution >= 0.6 is 0 Å². The molecular formula is C15H21N4O3. The van der Waals surface area contributed by atoms with E-state index in [0.29, 0.717) is 18.5 Å². The highest BCUT2D eigenvalue weighted by Crippen LogP contribution is 2.20. The van der Waals surface area contributed by atoms with E-state index in [0.717, 1.165) is 0 Å². The molecule has 1 aromatic carbocycles. The van der Waals surface area contributed by atoms with Gasteiger partial charge in [0.1, 0.15) is 0 Å². The molecule has 0 fully saturated rings. The van der Waals surface area contributed by atoms with Crippen molar-refractivity contribution in [3.05, 3.63) is 35.9 Å². The molecule has 0 spiro atoms. The lowest BCUT2D eigenvalue weighted by Crippen LogP contribution is -2.40. The van der Waals surface area contributed by atoms with Gasteiger partial charge >= 0.3 is 6.47 Å². The Labute approximate surface area is 129 Å². The van der Waals surface area contributed by atoms with Gasteiger partial charge in [0.25, 0.3) is 0 Å². The lowest BCUT2D eigenvalue weighted by Gasteiger charge is -2.21. The molecule has 1 rings (SSSR count). The van der Waals surface area contributed by atoms with Gasteiger partial charge in [0.2, 0.25) is 0 Å². The molecule has 6 N–H and O–H groups in total. The molecule has 0 heterocycles. The van der Waals surface area contributed by atoms with Gasteiger partial charge in [-0.05, 0) is 12.3 Å². The quantitative estimate of drug-likeness (QED) is 0.381. The molecule has 0 aromatic heterocycles. The second-order valence-electron chi connectivity index (χ2n) is 5.14. The predicted molar refractivity (Wildman–Crippen MR) is 82.6 cm³/mol. The Morgan fingerprint density at radius 3 is 2.59 bits per heavy atom. The van der Waals surface area contributed by atoms with E-state index in [4.69, 9.17) is 21.6 Å². The van der Waals surface area contributed by atoms with Crippen LogP contribution in [0.3, 0.4) is 0 Å². The summed E-state index contributed by atoms with van der Waals surface area (Å²) in [5, 5.41) is 9.77. The second-order valence-corrected chi connectivity index (χ2v) is 5.14. The van der Waals surface area contributed by atoms with Crippen LogP contribution in [-0.4, -0.2) is 30.8 Å². The third kappa shape index (κ3) is 5.53. The van der Waals surface area contributed by atoms with E-state index in [9.17, 15) is 9.59 Å². The van der Waals surface area contributed by atoms with E-state index in [-0.39, 0.29) is 17.7 Å². The molecule has 7 heteroatoms. The van der Waals surface area contributed by atoms with E-state index in [1.807, 2.05) is 6.92 Å². The summed E-state index contributed by atoms with van der Waals surface area (Å²) in [5.41, 5.74) is 11.7. The number of ether oxygens (including phenoxy) is 1. The first-order valence-electron chi connectivity index (χ1n) is 6.90. The molecular weight excluding hydrogens is 284 g/mol. The Morgan fingerprint density at radius 2 is 2.05 bits per heavy atom. The third-order valence-corrected chi connectivity index (χ3v) is 3.19. The van der Waals surface area contributed by atoms with Gasteiger partial charge in [0, 0.05) is 12.1 Å². The summed E-state index contributed by atoms with van der Waals surface area (Å²) in [7, 11) is 0. The summed E-state index contributed by atoms with van der Waals surface area (Å²) in [5.74, 6) is -0.489. The van der Waals surface area contributed by atoms with Gasteiger partial charge in [-0.25, -0.2) is 4.79 Å². The summed E-state index contributed by atoms with van der Waals surface area (Å²) in [6.45, 7) is 3.63. The fourth-order valence-electron chi connectivity index (χ4n) is 2.08. The summed E-state index contributed by atoms with van der Waals surface area (Å²) < 4.78 is 4.79. The second kappa shape index (κ2) is 8.78. The summed E-state index contributed by atoms with van der Waals surface area (Å²) in [6.07, 6.45) is -0.674. The van der Waals surface area contributed by atoms with Gasteiger partial charge in [0.15, 0.2) is 17.8 Å². The van der Waals surface area contributed by atoms with Crippen LogP contribution in [0.1, 0.15) is 25.0 Å². The molecule has 3 atom stereocenters. The van der Waals surface area contributed by atoms with Crippen molar-refractivity contribution in [2.24, 2.45) is 17.4 Å². The van der Waals surface area contributed by atoms with Crippen molar-refractivity contribution < 1.29 is 14.3 Å². The zero-order valence-electron chi connectivity index (χ0n) is 12.4. The molecule has 0 saturated carbocycles. The third-order valence-electron chi connectivity index (χ3n) is 3.19. The number of hydrogen-bond donors (Lipinski definition) is 4. The minimum Gasteiger partial charge on any atom is -0.441 e. The van der Waals surface area contributed by atoms with Crippen molar-refractivity contribution in [1.29, 1.82) is 5.41 Å². The van der Waals surface area contributed by atoms with Crippen LogP contribution in [0.4, 0.5) is 0 Å². The molecule has 22 heavy (non-hydrogen) atoms. The average Bonchev–Trinajstić information content (AvgIpc) is 2.50. The zero-order chi connectivity index (χ0) is 16.5. The number of Topliss-reactive ketones (excluding diaryl/α,β-unsaturated/α-hetero) is 1. The van der Waals surface area contributed by atoms with Gasteiger partial charge < -0.3 is 21.5 Å². The van der Waals surface area contributed by atoms with Crippen molar-refractivity contribution in [2.75, 3.05) is 6.54 Å². The Balaban J connectivity index is 2.69. The molecule has 119 valence electrons. The largest absolute Gasteiger partial charge is 0.441 e. The molecule has 0 amide bonds. The van der Waals surface area contributed by atoms with Crippen molar-refractivity contribution in [3.63, 3.8) is 0 Å². The van der Waals surface area contributed by atoms with Crippen LogP contribution < -0.4 is 16.8 Å². The van der Waals surface area contributed by atoms with Crippen LogP contribution in [0.5, 0.6) is 0 Å². The number of rotatable bonds is 9. The molecule has 0 bridgehead atoms. The molecule has 0 aliphatic carbocycles. The molecule has 0 aliphatic rings. The van der Waals surface area contributed by atoms with E-state index in [2.05, 4.69) is 5.32 Å². The van der Waals surface area contributed by atoms with Crippen molar-refractivity contribution in [2.45, 2.75) is 25.5 Å². The van der Waals surface area contributed by atoms with Crippen LogP contribution in [-0.2, 0) is 14.3 Å². The Kier molecular flexibility index (Phi) is 7.04. The normalized spacial score (nSPS) is 14.5. The summed E-state index contributed by atoms with van der Waals surface area (Å²) >= 11 is 0. The number of benzene rings is 1. The first-order chi connectivity index (χ1) is 10.5. The summed E-state index contributed by atoms with van der Waals surface area (Å²) in [4.78, 5) is 22.9. The number of carbonyl (C=O) groups excluding carboxylic acids is 2. The van der Waals surface area contributed by atoms with Crippen molar-refractivity contribution in [3.8, 4) is 0 Å². The van der Waals surface area contributed by atoms with Gasteiger partial charge in [0.05, 0.1) is 6.04 Å². The maximum Gasteiger partial charge on any atom is 0.418 e. The predicted octanol–water partition coefficient (Wildman–Crippen LogP) is 0.217. The molecule has 1 aromatic rings. The number of nitrogens with one attached hydrogen (secondary N) is 2. The number of hydrogen-bond acceptors (Lipinski definition) is 5. The minimum atomic E-state index is -1.05. The number of carbonyl (C=O) groups is 1. The van der Waals surface area contributed by atoms with Gasteiger partial charge in [-0.15, -0.1) is 0 Å². The standard InChI is InChI=1S/C15H21N4O3/c1-10(8-19-15(17)18)7-12(16)13(21)14(22-9-20)11-5-3-2-4-6-11/h2-6,10,12,14H,7-8,16H2,1H3,(H4,17,18,19)/t10?,12-,14?/m0/s1. The van der Waals surface area contributed by atoms with Crippen LogP contribution in [0, 0.1) is 11.3 Å². The lowest BCUT2D eigenvalue weighted by atomic mass is 9.94. The number of guanidine groups is 1. The molecule has 1 radical (unpaired) electrons. The summed E-state index contributed by atoms with van der Waals surface area (Å²) in [6, 6.07) is 7.87. The highest BCUT2D eigenvalue weighted by molar-refractivity contribution is 5.89. The zero-order valence-corrected chi connectivity index (χ0v) is 12.4. The van der Waals surface area contributed by atoms with Crippen LogP contribution in [0.2, 0.25) is 0 Å². The first kappa shape index (κ1) is 17.6. The highest BCUT2D eigenvalue weighted by atomic mass is 16.5. The smallest absolute Gasteiger partial charge is 0.418 e. The number of nitrogens with two attached hydrogens (primary N) is 2. The monoisotopic (exact) mass is 305 g/mol. The van der Waals surface area contributed by atoms with Gasteiger partial charge in [-0.3, -0.25) is 10.2 Å². The average molecular weight is 305 g/mol. The maximum absolute atomic E-state index is 12.4. The molecule has 0 saturated heterocycles. The van der Waals surface area contributed by atoms with Crippen LogP contribution in [0.25, 0.3) is 0 Å². The van der Waals surface area contributed by atoms with Gasteiger partial charge in [-0.1, -0.05) is 37.3 Å². The van der Waals surface area contributed by atoms with E-state index < -0.39 is 12.1 Å². The fraction of sp³-hybridized carbons (Fsp3) is 0.400. The molecule has 7 nitrogen and oxygen atoms in total. The van der Waals surface area contributed by atoms with Crippen LogP contribution in [0.15, 0.2) is 30.3 Å². The fourth-order valence-corrected chi connectivity index (χ4v) is 2.08. The Bertz CT molecular complexity index is 507. The SMILES string of the molecule is CC(CNC(=N)N)C[C@H](N)C(=O)C(O[C]=O)c1ccccc1. The maximum atomic E-state index is 12.4. The first-order valence-corrected chi connectivity index (χ1v) is 6.90. The Morgan fingerprint density at radius 1 is 1.41 bits per heavy atom. The van der Waals surface area contributed by atoms with Gasteiger partial charge in [-0.2, -0.15) is 0 Å². The van der Waals surface area contributed by atoms with E-state index >= 15 is 0 Å². The Hall–Kier alpha value is -2.41. The van der Waals surface area contributed by atoms with E-state index in [1.54, 1.807) is 30.3 Å². The lowest BCUT2D eigenvalue weighted by molar-refractivity contribution is -0.128. The van der Waals surface area contributed by atoms with Crippen molar-refractivity contribution >= 4 is 18.2 Å². The molecule has 0 aliphatic heterocycles. The topological polar surface area (TPSA) is 131 Å². The van der Waals surface area contributed by atoms with E-state index in [1.165, 1.54) is 6.47 Å². The molecule has 2 unspecified atom stereocenters. The minimum absolute atomic E-state index is 0.0273. The number of ketones is 1. The highest BCUT2D eigenvalue weighted by Gasteiger charge is 2.28.